The second-order valence-corrected chi connectivity index (χ2v) is 15.3. The third kappa shape index (κ3) is 3.74. The van der Waals surface area contributed by atoms with Crippen LogP contribution in [0, 0.1) is 0 Å². The fraction of sp³-hybridized carbons (Fsp3) is 0.318. The molecule has 3 nitrogen and oxygen atoms in total. The van der Waals surface area contributed by atoms with E-state index in [1.54, 1.807) is 0 Å². The average Bonchev–Trinajstić information content (AvgIpc) is 3.64. The Hall–Kier alpha value is -4.50. The normalized spacial score (nSPS) is 17.8. The number of nitrogens with zero attached hydrogens (tertiary/aromatic N) is 3. The van der Waals surface area contributed by atoms with Gasteiger partial charge < -0.3 is 0 Å². The van der Waals surface area contributed by atoms with Crippen molar-refractivity contribution < 1.29 is 4.70 Å². The number of rotatable bonds is 6. The number of anilines is 1. The van der Waals surface area contributed by atoms with Crippen LogP contribution in [0.15, 0.2) is 90.2 Å². The maximum atomic E-state index is 5.85. The topological polar surface area (TPSA) is 18.6 Å². The Bertz CT molecular complexity index is 2280. The zero-order valence-electron chi connectivity index (χ0n) is 28.9. The molecule has 47 heavy (non-hydrogen) atoms. The fourth-order valence-electron chi connectivity index (χ4n) is 9.12. The second-order valence-electron chi connectivity index (χ2n) is 15.3. The zero-order valence-corrected chi connectivity index (χ0v) is 28.9. The van der Waals surface area contributed by atoms with Crippen LogP contribution >= 0.6 is 0 Å². The van der Waals surface area contributed by atoms with Crippen molar-refractivity contribution in [3.63, 3.8) is 0 Å². The van der Waals surface area contributed by atoms with Gasteiger partial charge in [-0.3, -0.25) is 0 Å². The SMILES string of the molecule is CC(C)c1cccc(C(C)C)c1N1N=[N+](c2c(C(C)C)cccc2C(C)C)[C@H]2c3ccc4ccc5ccc6ccc(c7c6c5c4c3-7)[C@H]21. The molecule has 3 aliphatic rings. The van der Waals surface area contributed by atoms with E-state index in [0.717, 1.165) is 0 Å². The summed E-state index contributed by atoms with van der Waals surface area (Å²) in [5, 5.41) is 16.6. The smallest absolute Gasteiger partial charge is 0.121 e. The quantitative estimate of drug-likeness (QED) is 0.135. The summed E-state index contributed by atoms with van der Waals surface area (Å²) in [6.45, 7) is 18.6. The Kier molecular flexibility index (Phi) is 6.11. The molecule has 0 unspecified atom stereocenters. The summed E-state index contributed by atoms with van der Waals surface area (Å²) in [6.07, 6.45) is 0. The highest BCUT2D eigenvalue weighted by Crippen LogP contribution is 2.62. The molecule has 0 amide bonds. The van der Waals surface area contributed by atoms with E-state index in [-0.39, 0.29) is 12.1 Å². The molecular weight excluding hydrogens is 571 g/mol. The number of hydrogen-bond donors (Lipinski definition) is 0. The Balaban J connectivity index is 1.44. The Morgan fingerprint density at radius 3 is 1.45 bits per heavy atom. The highest BCUT2D eigenvalue weighted by atomic mass is 15.7. The first-order valence-corrected chi connectivity index (χ1v) is 17.7. The van der Waals surface area contributed by atoms with Gasteiger partial charge in [-0.1, -0.05) is 140 Å². The van der Waals surface area contributed by atoms with Gasteiger partial charge in [0.1, 0.15) is 0 Å². The van der Waals surface area contributed by atoms with E-state index in [0.29, 0.717) is 23.7 Å². The lowest BCUT2D eigenvalue weighted by Gasteiger charge is -2.31. The lowest BCUT2D eigenvalue weighted by molar-refractivity contribution is -0.546. The first kappa shape index (κ1) is 28.7. The highest BCUT2D eigenvalue weighted by molar-refractivity contribution is 6.34. The molecule has 2 atom stereocenters. The van der Waals surface area contributed by atoms with Crippen LogP contribution in [0.1, 0.15) is 125 Å². The Labute approximate surface area is 278 Å². The standard InChI is InChI=1S/C44H44N3/c1-23(2)30-11-9-12-31(24(3)4)41(30)46-43-34-21-19-28-17-15-27-16-18-29-20-22-35(40-38(29)36(27)37(28)39(34)40)44(43)47(45-46)42-32(25(5)6)13-10-14-33(42)26(7)8/h9-26,43-44H,1-8H3/q+1/t43-,44+. The lowest BCUT2D eigenvalue weighted by atomic mass is 9.77. The second kappa shape index (κ2) is 10.0. The summed E-state index contributed by atoms with van der Waals surface area (Å²) >= 11 is 0. The minimum atomic E-state index is 0.0292. The third-order valence-electron chi connectivity index (χ3n) is 11.3. The maximum absolute atomic E-state index is 5.85. The van der Waals surface area contributed by atoms with Crippen LogP contribution in [0.4, 0.5) is 11.4 Å². The van der Waals surface area contributed by atoms with E-state index in [1.165, 1.54) is 88.2 Å². The third-order valence-corrected chi connectivity index (χ3v) is 11.3. The van der Waals surface area contributed by atoms with Gasteiger partial charge in [-0.15, -0.1) is 9.71 Å². The zero-order chi connectivity index (χ0) is 32.5. The minimum absolute atomic E-state index is 0.0292. The van der Waals surface area contributed by atoms with Gasteiger partial charge in [0.15, 0.2) is 23.5 Å². The van der Waals surface area contributed by atoms with Crippen LogP contribution in [0.25, 0.3) is 43.4 Å². The predicted molar refractivity (Wildman–Crippen MR) is 198 cm³/mol. The van der Waals surface area contributed by atoms with Gasteiger partial charge in [-0.05, 0) is 67.1 Å². The van der Waals surface area contributed by atoms with Crippen LogP contribution < -0.4 is 5.01 Å². The van der Waals surface area contributed by atoms with Crippen molar-refractivity contribution in [3.05, 3.63) is 118 Å². The molecule has 0 aromatic heterocycles. The van der Waals surface area contributed by atoms with E-state index in [4.69, 9.17) is 5.22 Å². The Morgan fingerprint density at radius 2 is 0.936 bits per heavy atom. The van der Waals surface area contributed by atoms with E-state index in [1.807, 2.05) is 0 Å². The van der Waals surface area contributed by atoms with Crippen molar-refractivity contribution in [1.29, 1.82) is 0 Å². The average molecular weight is 615 g/mol. The van der Waals surface area contributed by atoms with Gasteiger partial charge in [0, 0.05) is 33.4 Å². The number of hydrogen-bond acceptors (Lipinski definition) is 2. The van der Waals surface area contributed by atoms with E-state index < -0.39 is 0 Å². The summed E-state index contributed by atoms with van der Waals surface area (Å²) in [4.78, 5) is 0. The van der Waals surface area contributed by atoms with Crippen molar-refractivity contribution in [3.8, 4) is 11.1 Å². The molecule has 1 aliphatic heterocycles. The van der Waals surface area contributed by atoms with Crippen LogP contribution in [0.5, 0.6) is 0 Å². The van der Waals surface area contributed by atoms with Gasteiger partial charge in [-0.2, -0.15) is 0 Å². The van der Waals surface area contributed by atoms with Gasteiger partial charge in [0.2, 0.25) is 0 Å². The predicted octanol–water partition coefficient (Wildman–Crippen LogP) is 12.9. The van der Waals surface area contributed by atoms with E-state index in [9.17, 15) is 0 Å². The fourth-order valence-corrected chi connectivity index (χ4v) is 9.12. The molecule has 0 spiro atoms. The van der Waals surface area contributed by atoms with Gasteiger partial charge >= 0.3 is 0 Å². The molecule has 234 valence electrons. The number of benzene rings is 6. The molecule has 0 radical (unpaired) electrons. The van der Waals surface area contributed by atoms with Crippen LogP contribution in [-0.2, 0) is 0 Å². The molecule has 0 saturated heterocycles. The molecule has 6 aromatic carbocycles. The monoisotopic (exact) mass is 614 g/mol. The van der Waals surface area contributed by atoms with Crippen LogP contribution in [0.3, 0.4) is 0 Å². The Morgan fingerprint density at radius 1 is 0.511 bits per heavy atom. The molecule has 0 saturated carbocycles. The lowest BCUT2D eigenvalue weighted by Crippen LogP contribution is -2.29. The molecule has 0 bridgehead atoms. The van der Waals surface area contributed by atoms with Gasteiger partial charge in [0.25, 0.3) is 0 Å². The maximum Gasteiger partial charge on any atom is 0.196 e. The largest absolute Gasteiger partial charge is 0.196 e. The molecule has 9 rings (SSSR count). The van der Waals surface area contributed by atoms with Gasteiger partial charge in [-0.25, -0.2) is 0 Å². The molecule has 0 fully saturated rings. The first-order valence-electron chi connectivity index (χ1n) is 17.7. The summed E-state index contributed by atoms with van der Waals surface area (Å²) in [5.74, 6) is 1.47. The van der Waals surface area contributed by atoms with Crippen molar-refractivity contribution in [2.75, 3.05) is 5.01 Å². The summed E-state index contributed by atoms with van der Waals surface area (Å²) in [5.41, 5.74) is 13.7. The minimum Gasteiger partial charge on any atom is -0.121 e. The molecule has 6 aromatic rings. The van der Waals surface area contributed by atoms with Gasteiger partial charge in [0.05, 0.1) is 5.22 Å². The van der Waals surface area contributed by atoms with E-state index >= 15 is 0 Å². The van der Waals surface area contributed by atoms with Crippen molar-refractivity contribution in [1.82, 2.24) is 0 Å². The number of fused-ring (bicyclic) bond motifs is 3. The molecular formula is C44H44N3+. The summed E-state index contributed by atoms with van der Waals surface area (Å²) in [7, 11) is 0. The van der Waals surface area contributed by atoms with Crippen molar-refractivity contribution in [2.24, 2.45) is 5.22 Å². The molecule has 0 N–H and O–H groups in total. The van der Waals surface area contributed by atoms with Crippen LogP contribution in [-0.4, -0.2) is 4.70 Å². The molecule has 1 heterocycles. The highest BCUT2D eigenvalue weighted by Gasteiger charge is 2.55. The summed E-state index contributed by atoms with van der Waals surface area (Å²) in [6, 6.07) is 32.8. The first-order chi connectivity index (χ1) is 22.7. The van der Waals surface area contributed by atoms with Crippen molar-refractivity contribution in [2.45, 2.75) is 91.1 Å². The van der Waals surface area contributed by atoms with Crippen LogP contribution in [0.2, 0.25) is 0 Å². The summed E-state index contributed by atoms with van der Waals surface area (Å²) < 4.78 is 2.46. The number of para-hydroxylation sites is 2. The molecule has 3 heteroatoms. The molecule has 2 aliphatic carbocycles. The van der Waals surface area contributed by atoms with E-state index in [2.05, 4.69) is 150 Å². The van der Waals surface area contributed by atoms with Crippen molar-refractivity contribution >= 4 is 43.7 Å².